The number of ether oxygens (including phenoxy) is 1. The molecule has 0 spiro atoms. The summed E-state index contributed by atoms with van der Waals surface area (Å²) >= 11 is 9.60. The summed E-state index contributed by atoms with van der Waals surface area (Å²) in [5, 5.41) is 6.86. The zero-order valence-corrected chi connectivity index (χ0v) is 16.7. The molecule has 1 aromatic carbocycles. The molecule has 0 bridgehead atoms. The van der Waals surface area contributed by atoms with E-state index in [1.807, 2.05) is 39.0 Å². The minimum atomic E-state index is -0.486. The van der Waals surface area contributed by atoms with Gasteiger partial charge in [-0.1, -0.05) is 41.4 Å². The van der Waals surface area contributed by atoms with Crippen molar-refractivity contribution in [3.63, 3.8) is 0 Å². The zero-order chi connectivity index (χ0) is 17.6. The molecule has 1 amide bonds. The Morgan fingerprint density at radius 3 is 2.48 bits per heavy atom. The number of rotatable bonds is 6. The van der Waals surface area contributed by atoms with Gasteiger partial charge in [0.25, 0.3) is 0 Å². The van der Waals surface area contributed by atoms with Crippen LogP contribution in [0.5, 0.6) is 0 Å². The van der Waals surface area contributed by atoms with Crippen LogP contribution in [0.4, 0.5) is 10.5 Å². The SMILES string of the molecule is CC(C)C(CNC(=O)OC(C)(C)C)CNc1ccc(Br)cc1Cl. The molecule has 4 nitrogen and oxygen atoms in total. The first-order valence-electron chi connectivity index (χ1n) is 7.74. The van der Waals surface area contributed by atoms with Gasteiger partial charge in [0.15, 0.2) is 0 Å². The molecule has 0 aromatic heterocycles. The summed E-state index contributed by atoms with van der Waals surface area (Å²) in [5.41, 5.74) is 0.401. The van der Waals surface area contributed by atoms with Gasteiger partial charge < -0.3 is 15.4 Å². The fourth-order valence-corrected chi connectivity index (χ4v) is 2.69. The average Bonchev–Trinajstić information content (AvgIpc) is 2.38. The van der Waals surface area contributed by atoms with Crippen LogP contribution in [0.1, 0.15) is 34.6 Å². The van der Waals surface area contributed by atoms with Crippen molar-refractivity contribution < 1.29 is 9.53 Å². The highest BCUT2D eigenvalue weighted by Crippen LogP contribution is 2.26. The van der Waals surface area contributed by atoms with Crippen molar-refractivity contribution in [2.24, 2.45) is 11.8 Å². The Hall–Kier alpha value is -0.940. The number of hydrogen-bond acceptors (Lipinski definition) is 3. The normalized spacial score (nSPS) is 12.9. The van der Waals surface area contributed by atoms with Gasteiger partial charge in [0.1, 0.15) is 5.60 Å². The van der Waals surface area contributed by atoms with E-state index in [0.29, 0.717) is 17.5 Å². The fraction of sp³-hybridized carbons (Fsp3) is 0.588. The van der Waals surface area contributed by atoms with Crippen LogP contribution < -0.4 is 10.6 Å². The molecule has 0 radical (unpaired) electrons. The van der Waals surface area contributed by atoms with E-state index in [9.17, 15) is 4.79 Å². The number of amides is 1. The molecule has 1 rings (SSSR count). The van der Waals surface area contributed by atoms with Crippen LogP contribution >= 0.6 is 27.5 Å². The van der Waals surface area contributed by atoms with Crippen molar-refractivity contribution in [3.8, 4) is 0 Å². The highest BCUT2D eigenvalue weighted by atomic mass is 79.9. The topological polar surface area (TPSA) is 50.4 Å². The summed E-state index contributed by atoms with van der Waals surface area (Å²) in [6.07, 6.45) is -0.384. The van der Waals surface area contributed by atoms with Crippen molar-refractivity contribution in [2.45, 2.75) is 40.2 Å². The Morgan fingerprint density at radius 2 is 1.96 bits per heavy atom. The van der Waals surface area contributed by atoms with E-state index in [4.69, 9.17) is 16.3 Å². The van der Waals surface area contributed by atoms with E-state index >= 15 is 0 Å². The molecule has 130 valence electrons. The molecule has 0 aliphatic carbocycles. The first-order chi connectivity index (χ1) is 10.6. The van der Waals surface area contributed by atoms with Gasteiger partial charge in [0.05, 0.1) is 10.7 Å². The molecular weight excluding hydrogens is 380 g/mol. The van der Waals surface area contributed by atoms with Crippen LogP contribution in [0, 0.1) is 11.8 Å². The second-order valence-corrected chi connectivity index (χ2v) is 8.21. The maximum absolute atomic E-state index is 11.8. The number of benzene rings is 1. The standard InChI is InChI=1S/C17H26BrClN2O2/c1-11(2)12(10-21-16(22)23-17(3,4)5)9-20-15-7-6-13(18)8-14(15)19/h6-8,11-12,20H,9-10H2,1-5H3,(H,21,22). The molecule has 1 aromatic rings. The van der Waals surface area contributed by atoms with Gasteiger partial charge in [0, 0.05) is 17.6 Å². The smallest absolute Gasteiger partial charge is 0.407 e. The van der Waals surface area contributed by atoms with Gasteiger partial charge in [-0.05, 0) is 50.8 Å². The Balaban J connectivity index is 2.54. The molecule has 6 heteroatoms. The van der Waals surface area contributed by atoms with Crippen LogP contribution in [0.3, 0.4) is 0 Å². The minimum Gasteiger partial charge on any atom is -0.444 e. The molecule has 23 heavy (non-hydrogen) atoms. The molecule has 0 saturated carbocycles. The Labute approximate surface area is 152 Å². The molecular formula is C17H26BrClN2O2. The lowest BCUT2D eigenvalue weighted by Gasteiger charge is -2.24. The van der Waals surface area contributed by atoms with E-state index < -0.39 is 5.60 Å². The summed E-state index contributed by atoms with van der Waals surface area (Å²) in [6, 6.07) is 5.73. The predicted octanol–water partition coefficient (Wildman–Crippen LogP) is 5.31. The van der Waals surface area contributed by atoms with Crippen molar-refractivity contribution in [1.29, 1.82) is 0 Å². The average molecular weight is 406 g/mol. The van der Waals surface area contributed by atoms with Gasteiger partial charge in [-0.3, -0.25) is 0 Å². The highest BCUT2D eigenvalue weighted by Gasteiger charge is 2.19. The van der Waals surface area contributed by atoms with E-state index in [2.05, 4.69) is 40.4 Å². The van der Waals surface area contributed by atoms with Crippen molar-refractivity contribution >= 4 is 39.3 Å². The second-order valence-electron chi connectivity index (χ2n) is 6.89. The van der Waals surface area contributed by atoms with Crippen LogP contribution in [-0.2, 0) is 4.74 Å². The second kappa shape index (κ2) is 8.78. The first-order valence-corrected chi connectivity index (χ1v) is 8.91. The summed E-state index contributed by atoms with van der Waals surface area (Å²) in [5.74, 6) is 0.675. The van der Waals surface area contributed by atoms with Crippen molar-refractivity contribution in [3.05, 3.63) is 27.7 Å². The Bertz CT molecular complexity index is 530. The molecule has 0 saturated heterocycles. The van der Waals surface area contributed by atoms with Crippen molar-refractivity contribution in [1.82, 2.24) is 5.32 Å². The summed E-state index contributed by atoms with van der Waals surface area (Å²) in [6.45, 7) is 11.1. The summed E-state index contributed by atoms with van der Waals surface area (Å²) in [7, 11) is 0. The maximum atomic E-state index is 11.8. The molecule has 1 unspecified atom stereocenters. The lowest BCUT2D eigenvalue weighted by atomic mass is 9.95. The third kappa shape index (κ3) is 7.93. The van der Waals surface area contributed by atoms with E-state index in [1.54, 1.807) is 0 Å². The largest absolute Gasteiger partial charge is 0.444 e. The van der Waals surface area contributed by atoms with E-state index in [0.717, 1.165) is 16.7 Å². The van der Waals surface area contributed by atoms with Crippen LogP contribution in [-0.4, -0.2) is 24.8 Å². The lowest BCUT2D eigenvalue weighted by Crippen LogP contribution is -2.38. The quantitative estimate of drug-likeness (QED) is 0.674. The van der Waals surface area contributed by atoms with Gasteiger partial charge >= 0.3 is 6.09 Å². The lowest BCUT2D eigenvalue weighted by molar-refractivity contribution is 0.0516. The van der Waals surface area contributed by atoms with Crippen molar-refractivity contribution in [2.75, 3.05) is 18.4 Å². The number of carbonyl (C=O) groups excluding carboxylic acids is 1. The summed E-state index contributed by atoms with van der Waals surface area (Å²) in [4.78, 5) is 11.8. The molecule has 0 fully saturated rings. The zero-order valence-electron chi connectivity index (χ0n) is 14.4. The van der Waals surface area contributed by atoms with Gasteiger partial charge in [0.2, 0.25) is 0 Å². The third-order valence-corrected chi connectivity index (χ3v) is 4.14. The molecule has 2 N–H and O–H groups in total. The van der Waals surface area contributed by atoms with Gasteiger partial charge in [-0.15, -0.1) is 0 Å². The number of halogens is 2. The maximum Gasteiger partial charge on any atom is 0.407 e. The molecule has 0 heterocycles. The number of carbonyl (C=O) groups is 1. The van der Waals surface area contributed by atoms with E-state index in [1.165, 1.54) is 0 Å². The third-order valence-electron chi connectivity index (χ3n) is 3.34. The first kappa shape index (κ1) is 20.1. The predicted molar refractivity (Wildman–Crippen MR) is 100 cm³/mol. The molecule has 0 aliphatic rings. The number of alkyl carbamates (subject to hydrolysis) is 1. The Kier molecular flexibility index (Phi) is 7.68. The Morgan fingerprint density at radius 1 is 1.30 bits per heavy atom. The van der Waals surface area contributed by atoms with Crippen LogP contribution in [0.25, 0.3) is 0 Å². The summed E-state index contributed by atoms with van der Waals surface area (Å²) < 4.78 is 6.21. The number of hydrogen-bond donors (Lipinski definition) is 2. The monoisotopic (exact) mass is 404 g/mol. The minimum absolute atomic E-state index is 0.266. The van der Waals surface area contributed by atoms with Crippen LogP contribution in [0.2, 0.25) is 5.02 Å². The highest BCUT2D eigenvalue weighted by molar-refractivity contribution is 9.10. The van der Waals surface area contributed by atoms with Gasteiger partial charge in [-0.2, -0.15) is 0 Å². The molecule has 1 atom stereocenters. The van der Waals surface area contributed by atoms with Gasteiger partial charge in [-0.25, -0.2) is 4.79 Å². The fourth-order valence-electron chi connectivity index (χ4n) is 1.95. The van der Waals surface area contributed by atoms with E-state index in [-0.39, 0.29) is 12.0 Å². The number of anilines is 1. The number of nitrogens with one attached hydrogen (secondary N) is 2. The van der Waals surface area contributed by atoms with Crippen LogP contribution in [0.15, 0.2) is 22.7 Å². The molecule has 0 aliphatic heterocycles.